The van der Waals surface area contributed by atoms with Crippen LogP contribution in [-0.4, -0.2) is 25.4 Å². The number of rotatable bonds is 5. The number of nitrogens with one attached hydrogen (secondary N) is 1. The molecule has 0 saturated heterocycles. The van der Waals surface area contributed by atoms with Crippen LogP contribution in [-0.2, 0) is 6.42 Å². The number of aryl methyl sites for hydroxylation is 1. The molecule has 1 aromatic rings. The molecular weight excluding hydrogens is 184 g/mol. The first-order valence-electron chi connectivity index (χ1n) is 4.53. The van der Waals surface area contributed by atoms with Gasteiger partial charge in [-0.3, -0.25) is 0 Å². The van der Waals surface area contributed by atoms with Gasteiger partial charge in [0.15, 0.2) is 5.82 Å². The molecule has 4 nitrogen and oxygen atoms in total. The number of H-pyrrole nitrogens is 1. The molecule has 0 unspecified atom stereocenters. The molecule has 74 valence electrons. The summed E-state index contributed by atoms with van der Waals surface area (Å²) in [6, 6.07) is 0. The van der Waals surface area contributed by atoms with E-state index in [4.69, 9.17) is 0 Å². The molecule has 0 bridgehead atoms. The zero-order valence-electron chi connectivity index (χ0n) is 8.12. The van der Waals surface area contributed by atoms with E-state index >= 15 is 0 Å². The molecule has 0 saturated carbocycles. The van der Waals surface area contributed by atoms with E-state index in [2.05, 4.69) is 47.1 Å². The molecule has 0 radical (unpaired) electrons. The van der Waals surface area contributed by atoms with Crippen molar-refractivity contribution in [3.8, 4) is 0 Å². The maximum absolute atomic E-state index is 4.45. The van der Waals surface area contributed by atoms with E-state index in [1.165, 1.54) is 0 Å². The number of hydrogen-bond donors (Lipinski definition) is 2. The highest BCUT2D eigenvalue weighted by molar-refractivity contribution is 7.81. The third-order valence-electron chi connectivity index (χ3n) is 1.83. The molecule has 0 aliphatic heterocycles. The summed E-state index contributed by atoms with van der Waals surface area (Å²) in [6.45, 7) is 4.26. The molecule has 13 heavy (non-hydrogen) atoms. The first-order chi connectivity index (χ1) is 6.08. The van der Waals surface area contributed by atoms with Crippen LogP contribution in [0, 0.1) is 0 Å². The van der Waals surface area contributed by atoms with Gasteiger partial charge in [-0.05, 0) is 12.8 Å². The van der Waals surface area contributed by atoms with E-state index in [1.54, 1.807) is 0 Å². The van der Waals surface area contributed by atoms with Crippen molar-refractivity contribution in [2.75, 3.05) is 0 Å². The lowest BCUT2D eigenvalue weighted by atomic mass is 10.0. The van der Waals surface area contributed by atoms with Crippen molar-refractivity contribution in [2.24, 2.45) is 0 Å². The molecule has 0 atom stereocenters. The Labute approximate surface area is 83.9 Å². The number of thiol groups is 1. The van der Waals surface area contributed by atoms with E-state index in [9.17, 15) is 0 Å². The highest BCUT2D eigenvalue weighted by atomic mass is 32.1. The van der Waals surface area contributed by atoms with Crippen molar-refractivity contribution in [1.29, 1.82) is 0 Å². The number of tetrazole rings is 1. The number of aromatic nitrogens is 4. The first-order valence-corrected chi connectivity index (χ1v) is 4.97. The smallest absolute Gasteiger partial charge is 0.174 e. The van der Waals surface area contributed by atoms with Gasteiger partial charge in [-0.2, -0.15) is 17.8 Å². The highest BCUT2D eigenvalue weighted by Gasteiger charge is 2.10. The van der Waals surface area contributed by atoms with Crippen LogP contribution in [0.2, 0.25) is 0 Å². The second-order valence-corrected chi connectivity index (χ2v) is 5.06. The van der Waals surface area contributed by atoms with Crippen LogP contribution in [0.3, 0.4) is 0 Å². The number of aromatic amines is 1. The fourth-order valence-corrected chi connectivity index (χ4v) is 1.29. The van der Waals surface area contributed by atoms with Crippen molar-refractivity contribution >= 4 is 12.6 Å². The van der Waals surface area contributed by atoms with E-state index in [0.717, 1.165) is 31.5 Å². The predicted octanol–water partition coefficient (Wildman–Crippen LogP) is 1.62. The van der Waals surface area contributed by atoms with Gasteiger partial charge in [0.2, 0.25) is 0 Å². The first kappa shape index (κ1) is 10.5. The Hall–Kier alpha value is -0.580. The molecule has 0 aliphatic carbocycles. The van der Waals surface area contributed by atoms with Crippen molar-refractivity contribution < 1.29 is 0 Å². The fraction of sp³-hybridized carbons (Fsp3) is 0.875. The van der Waals surface area contributed by atoms with Crippen molar-refractivity contribution in [2.45, 2.75) is 44.3 Å². The summed E-state index contributed by atoms with van der Waals surface area (Å²) in [6.07, 6.45) is 4.28. The van der Waals surface area contributed by atoms with E-state index < -0.39 is 0 Å². The van der Waals surface area contributed by atoms with Crippen LogP contribution >= 0.6 is 12.6 Å². The van der Waals surface area contributed by atoms with Crippen molar-refractivity contribution in [3.05, 3.63) is 5.82 Å². The largest absolute Gasteiger partial charge is 0.177 e. The summed E-state index contributed by atoms with van der Waals surface area (Å²) < 4.78 is 0.136. The van der Waals surface area contributed by atoms with Gasteiger partial charge >= 0.3 is 0 Å². The molecule has 0 amide bonds. The number of hydrogen-bond acceptors (Lipinski definition) is 4. The minimum absolute atomic E-state index is 0.136. The predicted molar refractivity (Wildman–Crippen MR) is 54.8 cm³/mol. The van der Waals surface area contributed by atoms with Gasteiger partial charge in [0.25, 0.3) is 0 Å². The second kappa shape index (κ2) is 4.60. The summed E-state index contributed by atoms with van der Waals surface area (Å²) in [5.41, 5.74) is 0. The second-order valence-electron chi connectivity index (χ2n) is 3.85. The van der Waals surface area contributed by atoms with E-state index in [1.807, 2.05) is 0 Å². The Kier molecular flexibility index (Phi) is 3.71. The summed E-state index contributed by atoms with van der Waals surface area (Å²) >= 11 is 4.45. The molecule has 5 heteroatoms. The van der Waals surface area contributed by atoms with Gasteiger partial charge in [-0.15, -0.1) is 10.2 Å². The van der Waals surface area contributed by atoms with Crippen LogP contribution < -0.4 is 0 Å². The average molecular weight is 200 g/mol. The fourth-order valence-electron chi connectivity index (χ4n) is 1.13. The third-order valence-corrected chi connectivity index (χ3v) is 2.05. The van der Waals surface area contributed by atoms with Gasteiger partial charge in [0, 0.05) is 11.2 Å². The zero-order chi connectivity index (χ0) is 9.73. The Balaban J connectivity index is 2.09. The molecule has 0 fully saturated rings. The maximum Gasteiger partial charge on any atom is 0.174 e. The quantitative estimate of drug-likeness (QED) is 0.561. The molecule has 0 aliphatic rings. The van der Waals surface area contributed by atoms with Gasteiger partial charge in [0.1, 0.15) is 0 Å². The van der Waals surface area contributed by atoms with Crippen LogP contribution in [0.15, 0.2) is 0 Å². The van der Waals surface area contributed by atoms with Crippen molar-refractivity contribution in [3.63, 3.8) is 0 Å². The third kappa shape index (κ3) is 4.87. The Morgan fingerprint density at radius 3 is 2.69 bits per heavy atom. The number of nitrogens with zero attached hydrogens (tertiary/aromatic N) is 3. The average Bonchev–Trinajstić information content (AvgIpc) is 2.48. The molecule has 1 N–H and O–H groups in total. The number of unbranched alkanes of at least 4 members (excludes halogenated alkanes) is 1. The van der Waals surface area contributed by atoms with Gasteiger partial charge in [-0.1, -0.05) is 25.5 Å². The lowest BCUT2D eigenvalue weighted by Crippen LogP contribution is -2.09. The van der Waals surface area contributed by atoms with Crippen LogP contribution in [0.5, 0.6) is 0 Å². The van der Waals surface area contributed by atoms with E-state index in [0.29, 0.717) is 0 Å². The van der Waals surface area contributed by atoms with Gasteiger partial charge < -0.3 is 0 Å². The van der Waals surface area contributed by atoms with Crippen molar-refractivity contribution in [1.82, 2.24) is 20.6 Å². The van der Waals surface area contributed by atoms with Crippen LogP contribution in [0.4, 0.5) is 0 Å². The molecule has 1 aromatic heterocycles. The summed E-state index contributed by atoms with van der Waals surface area (Å²) in [5, 5.41) is 13.7. The van der Waals surface area contributed by atoms with Crippen LogP contribution in [0.25, 0.3) is 0 Å². The van der Waals surface area contributed by atoms with Crippen LogP contribution in [0.1, 0.15) is 38.9 Å². The molecule has 0 spiro atoms. The summed E-state index contributed by atoms with van der Waals surface area (Å²) in [5.74, 6) is 0.803. The Bertz CT molecular complexity index is 227. The summed E-state index contributed by atoms with van der Waals surface area (Å²) in [7, 11) is 0. The minimum atomic E-state index is 0.136. The standard InChI is InChI=1S/C8H16N4S/c1-8(2,13)6-4-3-5-7-9-11-12-10-7/h13H,3-6H2,1-2H3,(H,9,10,11,12). The monoisotopic (exact) mass is 200 g/mol. The van der Waals surface area contributed by atoms with Gasteiger partial charge in [-0.25, -0.2) is 0 Å². The molecule has 1 heterocycles. The molecule has 1 rings (SSSR count). The lowest BCUT2D eigenvalue weighted by molar-refractivity contribution is 0.576. The zero-order valence-corrected chi connectivity index (χ0v) is 9.01. The minimum Gasteiger partial charge on any atom is -0.177 e. The van der Waals surface area contributed by atoms with E-state index in [-0.39, 0.29) is 4.75 Å². The Morgan fingerprint density at radius 2 is 2.15 bits per heavy atom. The topological polar surface area (TPSA) is 54.5 Å². The normalized spacial score (nSPS) is 11.9. The Morgan fingerprint density at radius 1 is 1.38 bits per heavy atom. The maximum atomic E-state index is 4.45. The molecular formula is C8H16N4S. The lowest BCUT2D eigenvalue weighted by Gasteiger charge is -2.15. The highest BCUT2D eigenvalue weighted by Crippen LogP contribution is 2.20. The van der Waals surface area contributed by atoms with Gasteiger partial charge in [0.05, 0.1) is 0 Å². The molecule has 0 aromatic carbocycles. The SMILES string of the molecule is CC(C)(S)CCCCc1nn[nH]n1. The summed E-state index contributed by atoms with van der Waals surface area (Å²) in [4.78, 5) is 0.